The number of hydrogen-bond donors (Lipinski definition) is 1. The van der Waals surface area contributed by atoms with Crippen LogP contribution >= 0.6 is 11.3 Å². The summed E-state index contributed by atoms with van der Waals surface area (Å²) in [4.78, 5) is 22.4. The first-order chi connectivity index (χ1) is 7.19. The van der Waals surface area contributed by atoms with E-state index < -0.39 is 5.97 Å². The minimum Gasteiger partial charge on any atom is -0.462 e. The minimum atomic E-state index is -0.432. The highest BCUT2D eigenvalue weighted by Gasteiger charge is 2.14. The second kappa shape index (κ2) is 5.31. The van der Waals surface area contributed by atoms with Crippen molar-refractivity contribution in [1.82, 2.24) is 0 Å². The second-order valence-electron chi connectivity index (χ2n) is 2.58. The van der Waals surface area contributed by atoms with Gasteiger partial charge in [-0.15, -0.1) is 11.3 Å². The van der Waals surface area contributed by atoms with Gasteiger partial charge in [0.05, 0.1) is 12.2 Å². The van der Waals surface area contributed by atoms with Crippen LogP contribution in [0.3, 0.4) is 0 Å². The van der Waals surface area contributed by atoms with Crippen LogP contribution in [0.2, 0.25) is 0 Å². The highest BCUT2D eigenvalue weighted by molar-refractivity contribution is 7.14. The summed E-state index contributed by atoms with van der Waals surface area (Å²) in [5, 5.41) is 4.74. The van der Waals surface area contributed by atoms with Crippen molar-refractivity contribution in [2.24, 2.45) is 0 Å². The Bertz CT molecular complexity index is 384. The Kier molecular flexibility index (Phi) is 4.05. The molecule has 0 aliphatic heterocycles. The Hall–Kier alpha value is -1.62. The third kappa shape index (κ3) is 2.92. The number of esters is 1. The van der Waals surface area contributed by atoms with Gasteiger partial charge >= 0.3 is 5.97 Å². The SMILES string of the molecule is C=CC(=O)Nc1sccc1C(=O)OCC. The first kappa shape index (κ1) is 11.5. The normalized spacial score (nSPS) is 9.40. The van der Waals surface area contributed by atoms with Gasteiger partial charge in [-0.1, -0.05) is 6.58 Å². The summed E-state index contributed by atoms with van der Waals surface area (Å²) in [6, 6.07) is 1.61. The average molecular weight is 225 g/mol. The van der Waals surface area contributed by atoms with Gasteiger partial charge in [0.25, 0.3) is 0 Å². The Balaban J connectivity index is 2.81. The van der Waals surface area contributed by atoms with Crippen molar-refractivity contribution in [3.63, 3.8) is 0 Å². The number of carbonyl (C=O) groups excluding carboxylic acids is 2. The molecule has 1 N–H and O–H groups in total. The molecule has 0 aromatic carbocycles. The van der Waals surface area contributed by atoms with Gasteiger partial charge < -0.3 is 10.1 Å². The molecular weight excluding hydrogens is 214 g/mol. The molecule has 4 nitrogen and oxygen atoms in total. The second-order valence-corrected chi connectivity index (χ2v) is 3.49. The lowest BCUT2D eigenvalue weighted by Crippen LogP contribution is -2.11. The lowest BCUT2D eigenvalue weighted by atomic mass is 10.3. The molecule has 0 spiro atoms. The number of amides is 1. The summed E-state index contributed by atoms with van der Waals surface area (Å²) in [5.41, 5.74) is 0.372. The molecule has 0 fully saturated rings. The van der Waals surface area contributed by atoms with Crippen LogP contribution < -0.4 is 5.32 Å². The maximum Gasteiger partial charge on any atom is 0.341 e. The third-order valence-electron chi connectivity index (χ3n) is 1.58. The Morgan fingerprint density at radius 3 is 3.00 bits per heavy atom. The first-order valence-corrected chi connectivity index (χ1v) is 5.25. The number of thiophene rings is 1. The maximum absolute atomic E-state index is 11.4. The van der Waals surface area contributed by atoms with Gasteiger partial charge in [-0.05, 0) is 24.4 Å². The van der Waals surface area contributed by atoms with E-state index >= 15 is 0 Å². The smallest absolute Gasteiger partial charge is 0.341 e. The van der Waals surface area contributed by atoms with Gasteiger partial charge in [0.2, 0.25) is 5.91 Å². The van der Waals surface area contributed by atoms with Crippen LogP contribution in [0.15, 0.2) is 24.1 Å². The van der Waals surface area contributed by atoms with E-state index in [2.05, 4.69) is 11.9 Å². The standard InChI is InChI=1S/C10H11NO3S/c1-3-8(12)11-9-7(5-6-15-9)10(13)14-4-2/h3,5-6H,1,4H2,2H3,(H,11,12). The summed E-state index contributed by atoms with van der Waals surface area (Å²) in [7, 11) is 0. The molecule has 0 atom stereocenters. The van der Waals surface area contributed by atoms with Crippen LogP contribution in [-0.4, -0.2) is 18.5 Å². The molecular formula is C10H11NO3S. The van der Waals surface area contributed by atoms with Crippen molar-refractivity contribution < 1.29 is 14.3 Å². The number of carbonyl (C=O) groups is 2. The van der Waals surface area contributed by atoms with E-state index in [9.17, 15) is 9.59 Å². The summed E-state index contributed by atoms with van der Waals surface area (Å²) in [6.45, 7) is 5.37. The molecule has 1 aromatic rings. The monoisotopic (exact) mass is 225 g/mol. The van der Waals surface area contributed by atoms with Crippen molar-refractivity contribution in [1.29, 1.82) is 0 Å². The first-order valence-electron chi connectivity index (χ1n) is 4.37. The largest absolute Gasteiger partial charge is 0.462 e. The van der Waals surface area contributed by atoms with Crippen LogP contribution in [0.4, 0.5) is 5.00 Å². The van der Waals surface area contributed by atoms with E-state index in [4.69, 9.17) is 4.74 Å². The van der Waals surface area contributed by atoms with Crippen molar-refractivity contribution in [2.45, 2.75) is 6.92 Å². The van der Waals surface area contributed by atoms with Gasteiger partial charge in [0.15, 0.2) is 0 Å². The van der Waals surface area contributed by atoms with Crippen LogP contribution in [0.1, 0.15) is 17.3 Å². The lowest BCUT2D eigenvalue weighted by Gasteiger charge is -2.03. The molecule has 0 bridgehead atoms. The van der Waals surface area contributed by atoms with Crippen LogP contribution in [0.25, 0.3) is 0 Å². The quantitative estimate of drug-likeness (QED) is 0.630. The Morgan fingerprint density at radius 2 is 2.40 bits per heavy atom. The molecule has 0 radical (unpaired) electrons. The van der Waals surface area contributed by atoms with Gasteiger partial charge in [-0.25, -0.2) is 4.79 Å². The van der Waals surface area contributed by atoms with Crippen molar-refractivity contribution >= 4 is 28.2 Å². The summed E-state index contributed by atoms with van der Waals surface area (Å²) in [5.74, 6) is -0.777. The van der Waals surface area contributed by atoms with Crippen LogP contribution in [0, 0.1) is 0 Å². The molecule has 0 saturated carbocycles. The molecule has 0 aliphatic carbocycles. The fraction of sp³-hybridized carbons (Fsp3) is 0.200. The number of ether oxygens (including phenoxy) is 1. The fourth-order valence-electron chi connectivity index (χ4n) is 0.939. The minimum absolute atomic E-state index is 0.309. The zero-order valence-corrected chi connectivity index (χ0v) is 9.10. The summed E-state index contributed by atoms with van der Waals surface area (Å²) in [6.07, 6.45) is 1.15. The number of hydrogen-bond acceptors (Lipinski definition) is 4. The summed E-state index contributed by atoms with van der Waals surface area (Å²) < 4.78 is 4.83. The van der Waals surface area contributed by atoms with Gasteiger partial charge in [0.1, 0.15) is 5.00 Å². The highest BCUT2D eigenvalue weighted by atomic mass is 32.1. The highest BCUT2D eigenvalue weighted by Crippen LogP contribution is 2.23. The molecule has 80 valence electrons. The lowest BCUT2D eigenvalue weighted by molar-refractivity contribution is -0.111. The molecule has 5 heteroatoms. The average Bonchev–Trinajstić information content (AvgIpc) is 2.66. The van der Waals surface area contributed by atoms with Gasteiger partial charge in [0, 0.05) is 0 Å². The molecule has 1 aromatic heterocycles. The topological polar surface area (TPSA) is 55.4 Å². The molecule has 1 amide bonds. The Labute approximate surface area is 91.6 Å². The van der Waals surface area contributed by atoms with E-state index in [0.29, 0.717) is 17.2 Å². The Morgan fingerprint density at radius 1 is 1.67 bits per heavy atom. The molecule has 0 saturated heterocycles. The maximum atomic E-state index is 11.4. The molecule has 0 unspecified atom stereocenters. The number of anilines is 1. The predicted octanol–water partition coefficient (Wildman–Crippen LogP) is 2.05. The predicted molar refractivity (Wildman–Crippen MR) is 59.1 cm³/mol. The van der Waals surface area contributed by atoms with Crippen molar-refractivity contribution in [3.05, 3.63) is 29.7 Å². The van der Waals surface area contributed by atoms with Gasteiger partial charge in [-0.2, -0.15) is 0 Å². The molecule has 1 rings (SSSR count). The van der Waals surface area contributed by atoms with Crippen LogP contribution in [-0.2, 0) is 9.53 Å². The summed E-state index contributed by atoms with van der Waals surface area (Å²) >= 11 is 1.27. The van der Waals surface area contributed by atoms with Crippen LogP contribution in [0.5, 0.6) is 0 Å². The molecule has 1 heterocycles. The van der Waals surface area contributed by atoms with E-state index in [1.165, 1.54) is 11.3 Å². The van der Waals surface area contributed by atoms with Crippen molar-refractivity contribution in [3.8, 4) is 0 Å². The molecule has 0 aliphatic rings. The zero-order valence-electron chi connectivity index (χ0n) is 8.28. The third-order valence-corrected chi connectivity index (χ3v) is 2.41. The number of nitrogens with one attached hydrogen (secondary N) is 1. The van der Waals surface area contributed by atoms with Crippen molar-refractivity contribution in [2.75, 3.05) is 11.9 Å². The van der Waals surface area contributed by atoms with Gasteiger partial charge in [-0.3, -0.25) is 4.79 Å². The molecule has 15 heavy (non-hydrogen) atoms. The van der Waals surface area contributed by atoms with E-state index in [1.807, 2.05) is 0 Å². The van der Waals surface area contributed by atoms with E-state index in [1.54, 1.807) is 18.4 Å². The van der Waals surface area contributed by atoms with E-state index in [-0.39, 0.29) is 5.91 Å². The fourth-order valence-corrected chi connectivity index (χ4v) is 1.72. The number of rotatable bonds is 4. The van der Waals surface area contributed by atoms with E-state index in [0.717, 1.165) is 6.08 Å². The zero-order chi connectivity index (χ0) is 11.3.